The lowest BCUT2D eigenvalue weighted by molar-refractivity contribution is 0.117. The van der Waals surface area contributed by atoms with Crippen molar-refractivity contribution in [2.24, 2.45) is 0 Å². The van der Waals surface area contributed by atoms with Crippen molar-refractivity contribution >= 4 is 21.4 Å². The van der Waals surface area contributed by atoms with Crippen LogP contribution in [0.15, 0.2) is 34.2 Å². The van der Waals surface area contributed by atoms with Crippen LogP contribution in [0.4, 0.5) is 8.78 Å². The second kappa shape index (κ2) is 5.40. The SMILES string of the molecule is FC(F)c1noc(C2CN(Cc3ccc4sccc4c3)C2)n1. The molecule has 0 unspecified atom stereocenters. The summed E-state index contributed by atoms with van der Waals surface area (Å²) < 4.78 is 31.1. The first-order chi connectivity index (χ1) is 10.7. The lowest BCUT2D eigenvalue weighted by Crippen LogP contribution is -2.44. The summed E-state index contributed by atoms with van der Waals surface area (Å²) in [6, 6.07) is 8.58. The van der Waals surface area contributed by atoms with E-state index in [2.05, 4.69) is 44.7 Å². The summed E-state index contributed by atoms with van der Waals surface area (Å²) in [4.78, 5) is 5.99. The van der Waals surface area contributed by atoms with Crippen molar-refractivity contribution in [1.29, 1.82) is 0 Å². The van der Waals surface area contributed by atoms with E-state index in [0.29, 0.717) is 5.89 Å². The van der Waals surface area contributed by atoms with Gasteiger partial charge in [-0.1, -0.05) is 11.2 Å². The Kier molecular flexibility index (Phi) is 3.38. The molecular weight excluding hydrogens is 308 g/mol. The maximum Gasteiger partial charge on any atom is 0.300 e. The third-order valence-electron chi connectivity index (χ3n) is 3.88. The molecule has 0 radical (unpaired) electrons. The van der Waals surface area contributed by atoms with E-state index >= 15 is 0 Å². The third kappa shape index (κ3) is 2.50. The lowest BCUT2D eigenvalue weighted by atomic mass is 9.99. The highest BCUT2D eigenvalue weighted by atomic mass is 32.1. The van der Waals surface area contributed by atoms with Gasteiger partial charge in [0, 0.05) is 24.3 Å². The van der Waals surface area contributed by atoms with E-state index < -0.39 is 12.2 Å². The van der Waals surface area contributed by atoms with Gasteiger partial charge >= 0.3 is 6.43 Å². The molecule has 0 amide bonds. The summed E-state index contributed by atoms with van der Waals surface area (Å²) in [7, 11) is 0. The average molecular weight is 321 g/mol. The number of alkyl halides is 2. The Bertz CT molecular complexity index is 795. The van der Waals surface area contributed by atoms with E-state index in [9.17, 15) is 8.78 Å². The number of hydrogen-bond acceptors (Lipinski definition) is 5. The monoisotopic (exact) mass is 321 g/mol. The molecule has 0 bridgehead atoms. The van der Waals surface area contributed by atoms with E-state index in [1.165, 1.54) is 15.6 Å². The van der Waals surface area contributed by atoms with Gasteiger partial charge in [-0.25, -0.2) is 8.78 Å². The maximum absolute atomic E-state index is 12.4. The highest BCUT2D eigenvalue weighted by molar-refractivity contribution is 7.17. The second-order valence-electron chi connectivity index (χ2n) is 5.48. The largest absolute Gasteiger partial charge is 0.339 e. The Labute approximate surface area is 129 Å². The smallest absolute Gasteiger partial charge is 0.300 e. The van der Waals surface area contributed by atoms with Crippen LogP contribution in [-0.4, -0.2) is 28.1 Å². The zero-order chi connectivity index (χ0) is 15.1. The fourth-order valence-electron chi connectivity index (χ4n) is 2.73. The Morgan fingerprint density at radius 1 is 1.32 bits per heavy atom. The van der Waals surface area contributed by atoms with Crippen LogP contribution < -0.4 is 0 Å². The van der Waals surface area contributed by atoms with Gasteiger partial charge in [-0.05, 0) is 34.5 Å². The Morgan fingerprint density at radius 3 is 2.95 bits per heavy atom. The molecule has 114 valence electrons. The van der Waals surface area contributed by atoms with Gasteiger partial charge in [0.25, 0.3) is 0 Å². The lowest BCUT2D eigenvalue weighted by Gasteiger charge is -2.37. The summed E-state index contributed by atoms with van der Waals surface area (Å²) in [5.41, 5.74) is 1.25. The van der Waals surface area contributed by atoms with Crippen LogP contribution in [-0.2, 0) is 6.54 Å². The summed E-state index contributed by atoms with van der Waals surface area (Å²) in [5, 5.41) is 6.65. The molecule has 0 spiro atoms. The first kappa shape index (κ1) is 13.8. The molecule has 3 aromatic rings. The van der Waals surface area contributed by atoms with Crippen LogP contribution in [0.5, 0.6) is 0 Å². The number of hydrogen-bond donors (Lipinski definition) is 0. The highest BCUT2D eigenvalue weighted by Crippen LogP contribution is 2.29. The number of nitrogens with zero attached hydrogens (tertiary/aromatic N) is 3. The van der Waals surface area contributed by atoms with Crippen LogP contribution in [0.25, 0.3) is 10.1 Å². The molecule has 1 fully saturated rings. The topological polar surface area (TPSA) is 42.2 Å². The maximum atomic E-state index is 12.4. The molecule has 4 nitrogen and oxygen atoms in total. The Morgan fingerprint density at radius 2 is 2.18 bits per heavy atom. The van der Waals surface area contributed by atoms with Gasteiger partial charge in [0.1, 0.15) is 0 Å². The molecule has 22 heavy (non-hydrogen) atoms. The summed E-state index contributed by atoms with van der Waals surface area (Å²) in [6.07, 6.45) is -2.67. The van der Waals surface area contributed by atoms with Gasteiger partial charge in [0.15, 0.2) is 0 Å². The molecular formula is C15H13F2N3OS. The molecule has 1 aliphatic rings. The fourth-order valence-corrected chi connectivity index (χ4v) is 3.50. The third-order valence-corrected chi connectivity index (χ3v) is 4.78. The summed E-state index contributed by atoms with van der Waals surface area (Å²) in [5.74, 6) is -0.138. The fraction of sp³-hybridized carbons (Fsp3) is 0.333. The number of aromatic nitrogens is 2. The molecule has 2 aromatic heterocycles. The predicted molar refractivity (Wildman–Crippen MR) is 79.1 cm³/mol. The van der Waals surface area contributed by atoms with Crippen molar-refractivity contribution < 1.29 is 13.3 Å². The van der Waals surface area contributed by atoms with Crippen molar-refractivity contribution in [3.05, 3.63) is 46.9 Å². The number of likely N-dealkylation sites (tertiary alicyclic amines) is 1. The molecule has 1 saturated heterocycles. The Balaban J connectivity index is 1.38. The van der Waals surface area contributed by atoms with Gasteiger partial charge in [0.2, 0.25) is 11.7 Å². The highest BCUT2D eigenvalue weighted by Gasteiger charge is 2.33. The average Bonchev–Trinajstić information content (AvgIpc) is 3.10. The van der Waals surface area contributed by atoms with Gasteiger partial charge in [0.05, 0.1) is 5.92 Å². The number of rotatable bonds is 4. The first-order valence-corrected chi connectivity index (χ1v) is 7.87. The van der Waals surface area contributed by atoms with Crippen LogP contribution in [0.3, 0.4) is 0 Å². The number of thiophene rings is 1. The van der Waals surface area contributed by atoms with Crippen LogP contribution in [0.2, 0.25) is 0 Å². The van der Waals surface area contributed by atoms with Crippen LogP contribution in [0.1, 0.15) is 29.6 Å². The van der Waals surface area contributed by atoms with Crippen molar-refractivity contribution in [2.75, 3.05) is 13.1 Å². The van der Waals surface area contributed by atoms with E-state index in [1.807, 2.05) is 0 Å². The quantitative estimate of drug-likeness (QED) is 0.732. The summed E-state index contributed by atoms with van der Waals surface area (Å²) in [6.45, 7) is 2.36. The van der Waals surface area contributed by atoms with Crippen molar-refractivity contribution in [3.63, 3.8) is 0 Å². The van der Waals surface area contributed by atoms with E-state index in [-0.39, 0.29) is 5.92 Å². The number of halogens is 2. The summed E-state index contributed by atoms with van der Waals surface area (Å²) >= 11 is 1.73. The number of benzene rings is 1. The molecule has 3 heterocycles. The minimum Gasteiger partial charge on any atom is -0.339 e. The van der Waals surface area contributed by atoms with Crippen molar-refractivity contribution in [2.45, 2.75) is 18.9 Å². The van der Waals surface area contributed by atoms with E-state index in [0.717, 1.165) is 19.6 Å². The van der Waals surface area contributed by atoms with Crippen LogP contribution in [0, 0.1) is 0 Å². The molecule has 0 saturated carbocycles. The van der Waals surface area contributed by atoms with Gasteiger partial charge in [-0.2, -0.15) is 4.98 Å². The standard InChI is InChI=1S/C15H13F2N3OS/c16-13(17)14-18-15(21-19-14)11-7-20(8-11)6-9-1-2-12-10(5-9)3-4-22-12/h1-5,11,13H,6-8H2. The second-order valence-corrected chi connectivity index (χ2v) is 6.42. The molecule has 0 N–H and O–H groups in total. The Hall–Kier alpha value is -1.86. The normalized spacial score (nSPS) is 16.5. The zero-order valence-electron chi connectivity index (χ0n) is 11.6. The van der Waals surface area contributed by atoms with Crippen molar-refractivity contribution in [3.8, 4) is 0 Å². The molecule has 0 aliphatic carbocycles. The zero-order valence-corrected chi connectivity index (χ0v) is 12.4. The van der Waals surface area contributed by atoms with E-state index in [4.69, 9.17) is 4.52 Å². The van der Waals surface area contributed by atoms with Gasteiger partial charge in [-0.15, -0.1) is 11.3 Å². The van der Waals surface area contributed by atoms with Crippen LogP contribution >= 0.6 is 11.3 Å². The number of fused-ring (bicyclic) bond motifs is 1. The minimum absolute atomic E-state index is 0.0601. The first-order valence-electron chi connectivity index (χ1n) is 6.99. The van der Waals surface area contributed by atoms with Gasteiger partial charge < -0.3 is 4.52 Å². The van der Waals surface area contributed by atoms with Gasteiger partial charge in [-0.3, -0.25) is 4.90 Å². The molecule has 4 rings (SSSR count). The molecule has 7 heteroatoms. The minimum atomic E-state index is -2.67. The molecule has 0 atom stereocenters. The predicted octanol–water partition coefficient (Wildman–Crippen LogP) is 3.82. The van der Waals surface area contributed by atoms with Crippen molar-refractivity contribution in [1.82, 2.24) is 15.0 Å². The molecule has 1 aliphatic heterocycles. The van der Waals surface area contributed by atoms with E-state index in [1.54, 1.807) is 11.3 Å². The molecule has 1 aromatic carbocycles.